The minimum Gasteiger partial charge on any atom is -0.310 e. The Bertz CT molecular complexity index is 591. The molecule has 1 aliphatic carbocycles. The summed E-state index contributed by atoms with van der Waals surface area (Å²) in [6.07, 6.45) is 2.60. The van der Waals surface area contributed by atoms with Crippen molar-refractivity contribution in [3.05, 3.63) is 58.1 Å². The first kappa shape index (κ1) is 13.0. The molecule has 1 N–H and O–H groups in total. The first-order valence-electron chi connectivity index (χ1n) is 6.51. The van der Waals surface area contributed by atoms with Gasteiger partial charge in [-0.05, 0) is 41.7 Å². The maximum Gasteiger partial charge on any atom is 0.0598 e. The van der Waals surface area contributed by atoms with E-state index in [0.717, 1.165) is 12.1 Å². The van der Waals surface area contributed by atoms with Gasteiger partial charge >= 0.3 is 0 Å². The Hall–Kier alpha value is -1.02. The monoisotopic (exact) mass is 291 g/mol. The average Bonchev–Trinajstić information content (AvgIpc) is 3.24. The SMILES string of the molecule is Clc1ccc(-c2ccccc2CNC2CC2)cc1Cl. The maximum atomic E-state index is 6.11. The maximum absolute atomic E-state index is 6.11. The van der Waals surface area contributed by atoms with E-state index in [-0.39, 0.29) is 0 Å². The molecular weight excluding hydrogens is 277 g/mol. The molecule has 0 bridgehead atoms. The topological polar surface area (TPSA) is 12.0 Å². The Labute approximate surface area is 123 Å². The molecule has 1 saturated carbocycles. The van der Waals surface area contributed by atoms with E-state index in [1.54, 1.807) is 0 Å². The van der Waals surface area contributed by atoms with E-state index in [2.05, 4.69) is 29.6 Å². The Morgan fingerprint density at radius 2 is 1.79 bits per heavy atom. The highest BCUT2D eigenvalue weighted by Gasteiger charge is 2.20. The Kier molecular flexibility index (Phi) is 3.79. The summed E-state index contributed by atoms with van der Waals surface area (Å²) >= 11 is 12.1. The van der Waals surface area contributed by atoms with E-state index < -0.39 is 0 Å². The van der Waals surface area contributed by atoms with Gasteiger partial charge in [0.05, 0.1) is 10.0 Å². The minimum atomic E-state index is 0.596. The molecule has 19 heavy (non-hydrogen) atoms. The standard InChI is InChI=1S/C16H15Cl2N/c17-15-8-5-11(9-16(15)18)14-4-2-1-3-12(14)10-19-13-6-7-13/h1-5,8-9,13,19H,6-7,10H2. The van der Waals surface area contributed by atoms with Crippen LogP contribution in [0.25, 0.3) is 11.1 Å². The first-order valence-corrected chi connectivity index (χ1v) is 7.26. The summed E-state index contributed by atoms with van der Waals surface area (Å²) in [6.45, 7) is 0.904. The zero-order valence-corrected chi connectivity index (χ0v) is 12.0. The van der Waals surface area contributed by atoms with Crippen molar-refractivity contribution in [1.82, 2.24) is 5.32 Å². The van der Waals surface area contributed by atoms with Crippen LogP contribution in [0.3, 0.4) is 0 Å². The molecule has 1 nitrogen and oxygen atoms in total. The quantitative estimate of drug-likeness (QED) is 0.844. The van der Waals surface area contributed by atoms with Crippen LogP contribution in [0.1, 0.15) is 18.4 Å². The summed E-state index contributed by atoms with van der Waals surface area (Å²) in [6, 6.07) is 14.9. The number of benzene rings is 2. The van der Waals surface area contributed by atoms with Crippen LogP contribution >= 0.6 is 23.2 Å². The summed E-state index contributed by atoms with van der Waals surface area (Å²) in [7, 11) is 0. The second-order valence-corrected chi connectivity index (χ2v) is 5.76. The molecule has 98 valence electrons. The predicted molar refractivity (Wildman–Crippen MR) is 81.8 cm³/mol. The number of hydrogen-bond acceptors (Lipinski definition) is 1. The van der Waals surface area contributed by atoms with Crippen molar-refractivity contribution in [1.29, 1.82) is 0 Å². The van der Waals surface area contributed by atoms with Crippen molar-refractivity contribution in [2.75, 3.05) is 0 Å². The lowest BCUT2D eigenvalue weighted by atomic mass is 10.00. The fourth-order valence-corrected chi connectivity index (χ4v) is 2.46. The molecular formula is C16H15Cl2N. The molecule has 0 aromatic heterocycles. The van der Waals surface area contributed by atoms with Crippen LogP contribution in [0.2, 0.25) is 10.0 Å². The third kappa shape index (κ3) is 3.11. The van der Waals surface area contributed by atoms with Crippen molar-refractivity contribution in [3.63, 3.8) is 0 Å². The van der Waals surface area contributed by atoms with Gasteiger partial charge in [-0.3, -0.25) is 0 Å². The molecule has 0 radical (unpaired) electrons. The highest BCUT2D eigenvalue weighted by atomic mass is 35.5. The van der Waals surface area contributed by atoms with Gasteiger partial charge in [-0.15, -0.1) is 0 Å². The molecule has 3 heteroatoms. The molecule has 0 saturated heterocycles. The highest BCUT2D eigenvalue weighted by Crippen LogP contribution is 2.30. The van der Waals surface area contributed by atoms with Crippen LogP contribution in [0.5, 0.6) is 0 Å². The van der Waals surface area contributed by atoms with Crippen LogP contribution in [0, 0.1) is 0 Å². The largest absolute Gasteiger partial charge is 0.310 e. The van der Waals surface area contributed by atoms with Crippen molar-refractivity contribution in [2.45, 2.75) is 25.4 Å². The molecule has 0 unspecified atom stereocenters. The summed E-state index contributed by atoms with van der Waals surface area (Å²) in [5.41, 5.74) is 3.63. The van der Waals surface area contributed by atoms with E-state index in [4.69, 9.17) is 23.2 Å². The molecule has 0 heterocycles. The summed E-state index contributed by atoms with van der Waals surface area (Å²) in [5.74, 6) is 0. The van der Waals surface area contributed by atoms with Gasteiger partial charge in [0, 0.05) is 12.6 Å². The Morgan fingerprint density at radius 3 is 2.53 bits per heavy atom. The van der Waals surface area contributed by atoms with Gasteiger partial charge in [0.15, 0.2) is 0 Å². The molecule has 1 aliphatic rings. The molecule has 0 spiro atoms. The van der Waals surface area contributed by atoms with E-state index in [1.165, 1.54) is 24.0 Å². The van der Waals surface area contributed by atoms with E-state index in [9.17, 15) is 0 Å². The van der Waals surface area contributed by atoms with Crippen molar-refractivity contribution < 1.29 is 0 Å². The lowest BCUT2D eigenvalue weighted by Crippen LogP contribution is -2.15. The molecule has 3 rings (SSSR count). The first-order chi connectivity index (χ1) is 9.24. The second kappa shape index (κ2) is 5.54. The number of nitrogens with one attached hydrogen (secondary N) is 1. The second-order valence-electron chi connectivity index (χ2n) is 4.94. The summed E-state index contributed by atoms with van der Waals surface area (Å²) < 4.78 is 0. The lowest BCUT2D eigenvalue weighted by Gasteiger charge is -2.11. The van der Waals surface area contributed by atoms with Gasteiger partial charge < -0.3 is 5.32 Å². The third-order valence-corrected chi connectivity index (χ3v) is 4.15. The molecule has 0 aliphatic heterocycles. The fourth-order valence-electron chi connectivity index (χ4n) is 2.16. The van der Waals surface area contributed by atoms with Crippen LogP contribution < -0.4 is 5.32 Å². The highest BCUT2D eigenvalue weighted by molar-refractivity contribution is 6.42. The molecule has 2 aromatic rings. The van der Waals surface area contributed by atoms with Crippen LogP contribution in [-0.4, -0.2) is 6.04 Å². The van der Waals surface area contributed by atoms with Gasteiger partial charge in [-0.25, -0.2) is 0 Å². The minimum absolute atomic E-state index is 0.596. The van der Waals surface area contributed by atoms with Gasteiger partial charge in [0.1, 0.15) is 0 Å². The van der Waals surface area contributed by atoms with E-state index in [0.29, 0.717) is 16.1 Å². The van der Waals surface area contributed by atoms with Crippen LogP contribution in [0.4, 0.5) is 0 Å². The molecule has 0 atom stereocenters. The van der Waals surface area contributed by atoms with Crippen molar-refractivity contribution >= 4 is 23.2 Å². The van der Waals surface area contributed by atoms with E-state index in [1.807, 2.05) is 18.2 Å². The number of rotatable bonds is 4. The Morgan fingerprint density at radius 1 is 1.00 bits per heavy atom. The zero-order chi connectivity index (χ0) is 13.2. The average molecular weight is 292 g/mol. The summed E-state index contributed by atoms with van der Waals surface area (Å²) in [4.78, 5) is 0. The Balaban J connectivity index is 1.91. The molecule has 0 amide bonds. The van der Waals surface area contributed by atoms with Crippen molar-refractivity contribution in [2.24, 2.45) is 0 Å². The number of hydrogen-bond donors (Lipinski definition) is 1. The lowest BCUT2D eigenvalue weighted by molar-refractivity contribution is 0.689. The third-order valence-electron chi connectivity index (χ3n) is 3.41. The van der Waals surface area contributed by atoms with Gasteiger partial charge in [-0.2, -0.15) is 0 Å². The van der Waals surface area contributed by atoms with Crippen LogP contribution in [-0.2, 0) is 6.54 Å². The molecule has 1 fully saturated rings. The predicted octanol–water partition coefficient (Wildman–Crippen LogP) is 4.91. The summed E-state index contributed by atoms with van der Waals surface area (Å²) in [5, 5.41) is 4.75. The molecule has 2 aromatic carbocycles. The van der Waals surface area contributed by atoms with Crippen LogP contribution in [0.15, 0.2) is 42.5 Å². The van der Waals surface area contributed by atoms with Gasteiger partial charge in [0.25, 0.3) is 0 Å². The zero-order valence-electron chi connectivity index (χ0n) is 10.5. The van der Waals surface area contributed by atoms with E-state index >= 15 is 0 Å². The fraction of sp³-hybridized carbons (Fsp3) is 0.250. The van der Waals surface area contributed by atoms with Crippen molar-refractivity contribution in [3.8, 4) is 11.1 Å². The van der Waals surface area contributed by atoms with Gasteiger partial charge in [0.2, 0.25) is 0 Å². The number of halogens is 2. The normalized spacial score (nSPS) is 14.6. The van der Waals surface area contributed by atoms with Gasteiger partial charge in [-0.1, -0.05) is 53.5 Å². The smallest absolute Gasteiger partial charge is 0.0598 e.